The van der Waals surface area contributed by atoms with Crippen molar-refractivity contribution in [3.63, 3.8) is 0 Å². The van der Waals surface area contributed by atoms with Gasteiger partial charge in [0.15, 0.2) is 14.9 Å². The van der Waals surface area contributed by atoms with E-state index in [0.29, 0.717) is 4.90 Å². The molecule has 0 amide bonds. The Morgan fingerprint density at radius 2 is 1.90 bits per heavy atom. The van der Waals surface area contributed by atoms with E-state index in [1.54, 1.807) is 12.1 Å². The van der Waals surface area contributed by atoms with Crippen LogP contribution < -0.4 is 0 Å². The summed E-state index contributed by atoms with van der Waals surface area (Å²) < 4.78 is 22.7. The summed E-state index contributed by atoms with van der Waals surface area (Å²) >= 11 is 6.64. The molecule has 0 bridgehead atoms. The minimum Gasteiger partial charge on any atom is -0.258 e. The third-order valence-corrected chi connectivity index (χ3v) is 4.68. The average Bonchev–Trinajstić information content (AvgIpc) is 2.38. The summed E-state index contributed by atoms with van der Waals surface area (Å²) in [5.41, 5.74) is -0.267. The molecule has 0 radical (unpaired) electrons. The standard InChI is InChI=1S/C11H8ClN3O4S2/c1-21(18,19)8-4-2-7(3-5-8)20-10-9(15(16)17)6-13-11(12)14-10/h2-6H,1H3. The summed E-state index contributed by atoms with van der Waals surface area (Å²) in [6.07, 6.45) is 2.13. The van der Waals surface area contributed by atoms with Gasteiger partial charge in [0.25, 0.3) is 0 Å². The van der Waals surface area contributed by atoms with E-state index < -0.39 is 14.8 Å². The maximum absolute atomic E-state index is 11.4. The van der Waals surface area contributed by atoms with Gasteiger partial charge in [-0.15, -0.1) is 0 Å². The lowest BCUT2D eigenvalue weighted by Crippen LogP contribution is -1.97. The van der Waals surface area contributed by atoms with Gasteiger partial charge in [-0.3, -0.25) is 10.1 Å². The summed E-state index contributed by atoms with van der Waals surface area (Å²) in [6.45, 7) is 0. The van der Waals surface area contributed by atoms with Gasteiger partial charge in [0.2, 0.25) is 5.28 Å². The van der Waals surface area contributed by atoms with Gasteiger partial charge in [0.1, 0.15) is 6.20 Å². The first-order chi connectivity index (χ1) is 9.77. The van der Waals surface area contributed by atoms with E-state index in [0.717, 1.165) is 24.2 Å². The SMILES string of the molecule is CS(=O)(=O)c1ccc(Sc2nc(Cl)ncc2[N+](=O)[O-])cc1. The largest absolute Gasteiger partial charge is 0.319 e. The number of aromatic nitrogens is 2. The molecule has 110 valence electrons. The number of benzene rings is 1. The Hall–Kier alpha value is -1.71. The summed E-state index contributed by atoms with van der Waals surface area (Å²) in [6, 6.07) is 5.93. The number of rotatable bonds is 4. The van der Waals surface area contributed by atoms with E-state index in [9.17, 15) is 18.5 Å². The first-order valence-electron chi connectivity index (χ1n) is 5.42. The number of sulfone groups is 1. The maximum Gasteiger partial charge on any atom is 0.319 e. The number of hydrogen-bond donors (Lipinski definition) is 0. The second-order valence-corrected chi connectivity index (χ2v) is 7.35. The van der Waals surface area contributed by atoms with Crippen molar-refractivity contribution in [3.8, 4) is 0 Å². The lowest BCUT2D eigenvalue weighted by Gasteiger charge is -2.03. The monoisotopic (exact) mass is 345 g/mol. The van der Waals surface area contributed by atoms with Crippen molar-refractivity contribution in [1.29, 1.82) is 0 Å². The normalized spacial score (nSPS) is 11.3. The number of nitro groups is 1. The highest BCUT2D eigenvalue weighted by atomic mass is 35.5. The van der Waals surface area contributed by atoms with Gasteiger partial charge in [0.05, 0.1) is 9.82 Å². The first kappa shape index (κ1) is 15.7. The van der Waals surface area contributed by atoms with Crippen LogP contribution in [0.4, 0.5) is 5.69 Å². The average molecular weight is 346 g/mol. The Kier molecular flexibility index (Phi) is 4.45. The van der Waals surface area contributed by atoms with Crippen LogP contribution in [-0.4, -0.2) is 29.6 Å². The molecule has 0 spiro atoms. The van der Waals surface area contributed by atoms with Crippen molar-refractivity contribution < 1.29 is 13.3 Å². The van der Waals surface area contributed by atoms with Crippen LogP contribution in [-0.2, 0) is 9.84 Å². The van der Waals surface area contributed by atoms with Gasteiger partial charge in [-0.05, 0) is 35.9 Å². The van der Waals surface area contributed by atoms with E-state index in [-0.39, 0.29) is 20.9 Å². The molecular formula is C11H8ClN3O4S2. The van der Waals surface area contributed by atoms with E-state index in [4.69, 9.17) is 11.6 Å². The van der Waals surface area contributed by atoms with Crippen LogP contribution >= 0.6 is 23.4 Å². The molecule has 1 aromatic heterocycles. The molecule has 0 N–H and O–H groups in total. The van der Waals surface area contributed by atoms with Crippen molar-refractivity contribution in [2.45, 2.75) is 14.8 Å². The van der Waals surface area contributed by atoms with E-state index >= 15 is 0 Å². The van der Waals surface area contributed by atoms with Crippen LogP contribution in [0.1, 0.15) is 0 Å². The fourth-order valence-corrected chi connectivity index (χ4v) is 3.08. The van der Waals surface area contributed by atoms with Gasteiger partial charge in [-0.2, -0.15) is 0 Å². The van der Waals surface area contributed by atoms with E-state index in [1.165, 1.54) is 12.1 Å². The highest BCUT2D eigenvalue weighted by molar-refractivity contribution is 7.99. The minimum absolute atomic E-state index is 0.0899. The molecule has 0 fully saturated rings. The predicted molar refractivity (Wildman–Crippen MR) is 77.4 cm³/mol. The quantitative estimate of drug-likeness (QED) is 0.363. The molecular weight excluding hydrogens is 338 g/mol. The lowest BCUT2D eigenvalue weighted by molar-refractivity contribution is -0.388. The summed E-state index contributed by atoms with van der Waals surface area (Å²) in [7, 11) is -3.28. The van der Waals surface area contributed by atoms with Crippen molar-refractivity contribution in [1.82, 2.24) is 9.97 Å². The topological polar surface area (TPSA) is 103 Å². The molecule has 0 aliphatic carbocycles. The molecule has 2 rings (SSSR count). The zero-order valence-electron chi connectivity index (χ0n) is 10.6. The van der Waals surface area contributed by atoms with Crippen molar-refractivity contribution in [3.05, 3.63) is 45.9 Å². The molecule has 0 aliphatic heterocycles. The number of halogens is 1. The van der Waals surface area contributed by atoms with Gasteiger partial charge in [0, 0.05) is 11.2 Å². The zero-order valence-corrected chi connectivity index (χ0v) is 12.9. The first-order valence-corrected chi connectivity index (χ1v) is 8.51. The summed E-state index contributed by atoms with van der Waals surface area (Å²) in [5, 5.41) is 10.9. The van der Waals surface area contributed by atoms with E-state index in [2.05, 4.69) is 9.97 Å². The summed E-state index contributed by atoms with van der Waals surface area (Å²) in [5.74, 6) is 0. The van der Waals surface area contributed by atoms with Crippen LogP contribution in [0.25, 0.3) is 0 Å². The van der Waals surface area contributed by atoms with E-state index in [1.807, 2.05) is 0 Å². The smallest absolute Gasteiger partial charge is 0.258 e. The van der Waals surface area contributed by atoms with Crippen molar-refractivity contribution >= 4 is 38.9 Å². The second-order valence-electron chi connectivity index (χ2n) is 3.93. The fraction of sp³-hybridized carbons (Fsp3) is 0.0909. The van der Waals surface area contributed by atoms with Crippen molar-refractivity contribution in [2.24, 2.45) is 0 Å². The number of nitrogens with zero attached hydrogens (tertiary/aromatic N) is 3. The van der Waals surface area contributed by atoms with Crippen LogP contribution in [0.5, 0.6) is 0 Å². The highest BCUT2D eigenvalue weighted by Gasteiger charge is 2.18. The third-order valence-electron chi connectivity index (χ3n) is 2.37. The van der Waals surface area contributed by atoms with Crippen LogP contribution in [0.2, 0.25) is 5.28 Å². The lowest BCUT2D eigenvalue weighted by atomic mass is 10.4. The molecule has 0 atom stereocenters. The van der Waals surface area contributed by atoms with Crippen LogP contribution in [0, 0.1) is 10.1 Å². The fourth-order valence-electron chi connectivity index (χ4n) is 1.41. The van der Waals surface area contributed by atoms with Gasteiger partial charge >= 0.3 is 5.69 Å². The Bertz CT molecular complexity index is 794. The highest BCUT2D eigenvalue weighted by Crippen LogP contribution is 2.33. The molecule has 7 nitrogen and oxygen atoms in total. The Morgan fingerprint density at radius 3 is 2.43 bits per heavy atom. The molecule has 2 aromatic rings. The Morgan fingerprint density at radius 1 is 1.29 bits per heavy atom. The Balaban J connectivity index is 2.34. The molecule has 1 heterocycles. The van der Waals surface area contributed by atoms with Crippen molar-refractivity contribution in [2.75, 3.05) is 6.26 Å². The third kappa shape index (κ3) is 3.90. The molecule has 1 aromatic carbocycles. The van der Waals surface area contributed by atoms with Crippen LogP contribution in [0.15, 0.2) is 45.3 Å². The van der Waals surface area contributed by atoms with Crippen LogP contribution in [0.3, 0.4) is 0 Å². The molecule has 0 unspecified atom stereocenters. The molecule has 21 heavy (non-hydrogen) atoms. The maximum atomic E-state index is 11.4. The zero-order chi connectivity index (χ0) is 15.6. The van der Waals surface area contributed by atoms with Gasteiger partial charge in [-0.25, -0.2) is 18.4 Å². The summed E-state index contributed by atoms with van der Waals surface area (Å²) in [4.78, 5) is 18.4. The molecule has 10 heteroatoms. The number of hydrogen-bond acceptors (Lipinski definition) is 7. The van der Waals surface area contributed by atoms with Gasteiger partial charge in [-0.1, -0.05) is 11.8 Å². The molecule has 0 saturated carbocycles. The predicted octanol–water partition coefficient (Wildman–Crippen LogP) is 2.59. The molecule has 0 saturated heterocycles. The minimum atomic E-state index is -3.28. The Labute approximate surface area is 129 Å². The second kappa shape index (κ2) is 5.96. The van der Waals surface area contributed by atoms with Gasteiger partial charge < -0.3 is 0 Å². The molecule has 0 aliphatic rings.